The molecule has 1 aromatic rings. The lowest BCUT2D eigenvalue weighted by Crippen LogP contribution is -2.37. The van der Waals surface area contributed by atoms with Gasteiger partial charge in [0.05, 0.1) is 6.10 Å². The van der Waals surface area contributed by atoms with Crippen molar-refractivity contribution in [1.82, 2.24) is 10.2 Å². The molecule has 1 heterocycles. The second-order valence-corrected chi connectivity index (χ2v) is 6.57. The van der Waals surface area contributed by atoms with Gasteiger partial charge in [0.25, 0.3) is 0 Å². The fraction of sp³-hybridized carbons (Fsp3) is 0.625. The molecule has 2 N–H and O–H groups in total. The average molecular weight is 341 g/mol. The van der Waals surface area contributed by atoms with Gasteiger partial charge in [0.15, 0.2) is 0 Å². The molecule has 1 aliphatic rings. The molecule has 0 radical (unpaired) electrons. The van der Waals surface area contributed by atoms with Crippen LogP contribution in [0.15, 0.2) is 28.7 Å². The SMILES string of the molecule is CC(NCCCN1CCC(O)CC1)c1ccc(Br)cc1. The second kappa shape index (κ2) is 8.13. The fourth-order valence-corrected chi connectivity index (χ4v) is 2.90. The maximum atomic E-state index is 9.47. The molecule has 0 saturated carbocycles. The van der Waals surface area contributed by atoms with Crippen molar-refractivity contribution < 1.29 is 5.11 Å². The first-order valence-electron chi connectivity index (χ1n) is 7.54. The Hall–Kier alpha value is -0.420. The van der Waals surface area contributed by atoms with Gasteiger partial charge < -0.3 is 15.3 Å². The molecule has 0 amide bonds. The third kappa shape index (κ3) is 5.17. The van der Waals surface area contributed by atoms with E-state index in [0.29, 0.717) is 6.04 Å². The number of aliphatic hydroxyl groups is 1. The summed E-state index contributed by atoms with van der Waals surface area (Å²) >= 11 is 3.46. The topological polar surface area (TPSA) is 35.5 Å². The Morgan fingerprint density at radius 2 is 1.95 bits per heavy atom. The molecule has 112 valence electrons. The maximum Gasteiger partial charge on any atom is 0.0564 e. The van der Waals surface area contributed by atoms with Gasteiger partial charge in [0.2, 0.25) is 0 Å². The van der Waals surface area contributed by atoms with E-state index in [2.05, 4.69) is 57.3 Å². The van der Waals surface area contributed by atoms with Gasteiger partial charge in [-0.25, -0.2) is 0 Å². The highest BCUT2D eigenvalue weighted by molar-refractivity contribution is 9.10. The molecule has 1 unspecified atom stereocenters. The van der Waals surface area contributed by atoms with E-state index in [-0.39, 0.29) is 6.10 Å². The first kappa shape index (κ1) is 16.0. The summed E-state index contributed by atoms with van der Waals surface area (Å²) in [6.45, 7) is 6.47. The van der Waals surface area contributed by atoms with E-state index in [1.54, 1.807) is 0 Å². The molecule has 4 heteroatoms. The van der Waals surface area contributed by atoms with Gasteiger partial charge in [-0.15, -0.1) is 0 Å². The number of aliphatic hydroxyl groups excluding tert-OH is 1. The highest BCUT2D eigenvalue weighted by atomic mass is 79.9. The molecule has 1 saturated heterocycles. The fourth-order valence-electron chi connectivity index (χ4n) is 2.63. The maximum absolute atomic E-state index is 9.47. The van der Waals surface area contributed by atoms with E-state index < -0.39 is 0 Å². The largest absolute Gasteiger partial charge is 0.393 e. The minimum atomic E-state index is -0.0678. The lowest BCUT2D eigenvalue weighted by Gasteiger charge is -2.29. The molecule has 0 spiro atoms. The van der Waals surface area contributed by atoms with Crippen molar-refractivity contribution in [2.45, 2.75) is 38.3 Å². The van der Waals surface area contributed by atoms with E-state index in [0.717, 1.165) is 49.9 Å². The number of hydrogen-bond donors (Lipinski definition) is 2. The van der Waals surface area contributed by atoms with Gasteiger partial charge >= 0.3 is 0 Å². The Morgan fingerprint density at radius 3 is 2.60 bits per heavy atom. The summed E-state index contributed by atoms with van der Waals surface area (Å²) < 4.78 is 1.13. The molecule has 0 aromatic heterocycles. The Morgan fingerprint density at radius 1 is 1.30 bits per heavy atom. The number of benzene rings is 1. The highest BCUT2D eigenvalue weighted by Crippen LogP contribution is 2.16. The zero-order valence-corrected chi connectivity index (χ0v) is 13.8. The second-order valence-electron chi connectivity index (χ2n) is 5.65. The molecule has 1 aromatic carbocycles. The van der Waals surface area contributed by atoms with Gasteiger partial charge in [-0.1, -0.05) is 28.1 Å². The summed E-state index contributed by atoms with van der Waals surface area (Å²) in [4.78, 5) is 2.46. The zero-order chi connectivity index (χ0) is 14.4. The monoisotopic (exact) mass is 340 g/mol. The third-order valence-electron chi connectivity index (χ3n) is 4.03. The Labute approximate surface area is 130 Å². The summed E-state index contributed by atoms with van der Waals surface area (Å²) in [6, 6.07) is 8.90. The quantitative estimate of drug-likeness (QED) is 0.781. The van der Waals surface area contributed by atoms with Crippen LogP contribution in [-0.2, 0) is 0 Å². The van der Waals surface area contributed by atoms with Crippen LogP contribution >= 0.6 is 15.9 Å². The number of likely N-dealkylation sites (tertiary alicyclic amines) is 1. The molecule has 0 aliphatic carbocycles. The van der Waals surface area contributed by atoms with Crippen molar-refractivity contribution in [3.8, 4) is 0 Å². The first-order chi connectivity index (χ1) is 9.65. The van der Waals surface area contributed by atoms with Crippen LogP contribution in [0.2, 0.25) is 0 Å². The molecule has 2 rings (SSSR count). The minimum absolute atomic E-state index is 0.0678. The smallest absolute Gasteiger partial charge is 0.0564 e. The standard InChI is InChI=1S/C16H25BrN2O/c1-13(14-3-5-15(17)6-4-14)18-9-2-10-19-11-7-16(20)8-12-19/h3-6,13,16,18,20H,2,7-12H2,1H3. The predicted octanol–water partition coefficient (Wildman–Crippen LogP) is 2.95. The van der Waals surface area contributed by atoms with Crippen molar-refractivity contribution in [3.63, 3.8) is 0 Å². The molecular weight excluding hydrogens is 316 g/mol. The van der Waals surface area contributed by atoms with E-state index in [1.165, 1.54) is 5.56 Å². The number of hydrogen-bond acceptors (Lipinski definition) is 3. The van der Waals surface area contributed by atoms with Crippen LogP contribution in [0, 0.1) is 0 Å². The number of nitrogens with zero attached hydrogens (tertiary/aromatic N) is 1. The van der Waals surface area contributed by atoms with E-state index in [9.17, 15) is 5.11 Å². The van der Waals surface area contributed by atoms with Gasteiger partial charge in [-0.2, -0.15) is 0 Å². The zero-order valence-electron chi connectivity index (χ0n) is 12.2. The Balaban J connectivity index is 1.62. The van der Waals surface area contributed by atoms with Crippen molar-refractivity contribution in [2.24, 2.45) is 0 Å². The van der Waals surface area contributed by atoms with Gasteiger partial charge in [-0.05, 0) is 57.0 Å². The predicted molar refractivity (Wildman–Crippen MR) is 86.9 cm³/mol. The van der Waals surface area contributed by atoms with Crippen molar-refractivity contribution in [2.75, 3.05) is 26.2 Å². The van der Waals surface area contributed by atoms with Gasteiger partial charge in [-0.3, -0.25) is 0 Å². The molecule has 1 aliphatic heterocycles. The van der Waals surface area contributed by atoms with Crippen molar-refractivity contribution in [3.05, 3.63) is 34.3 Å². The summed E-state index contributed by atoms with van der Waals surface area (Å²) in [5.74, 6) is 0. The highest BCUT2D eigenvalue weighted by Gasteiger charge is 2.16. The first-order valence-corrected chi connectivity index (χ1v) is 8.33. The lowest BCUT2D eigenvalue weighted by atomic mass is 10.1. The van der Waals surface area contributed by atoms with Gasteiger partial charge in [0, 0.05) is 23.6 Å². The van der Waals surface area contributed by atoms with Crippen LogP contribution in [0.25, 0.3) is 0 Å². The summed E-state index contributed by atoms with van der Waals surface area (Å²) in [5.41, 5.74) is 1.33. The number of rotatable bonds is 6. The molecule has 0 bridgehead atoms. The summed E-state index contributed by atoms with van der Waals surface area (Å²) in [5, 5.41) is 13.0. The third-order valence-corrected chi connectivity index (χ3v) is 4.56. The van der Waals surface area contributed by atoms with Crippen LogP contribution in [0.5, 0.6) is 0 Å². The molecule has 20 heavy (non-hydrogen) atoms. The number of nitrogens with one attached hydrogen (secondary N) is 1. The molecule has 3 nitrogen and oxygen atoms in total. The molecule has 1 atom stereocenters. The minimum Gasteiger partial charge on any atom is -0.393 e. The van der Waals surface area contributed by atoms with Crippen LogP contribution in [0.1, 0.15) is 37.8 Å². The van der Waals surface area contributed by atoms with Crippen LogP contribution in [0.4, 0.5) is 0 Å². The van der Waals surface area contributed by atoms with Crippen molar-refractivity contribution >= 4 is 15.9 Å². The Kier molecular flexibility index (Phi) is 6.49. The summed E-state index contributed by atoms with van der Waals surface area (Å²) in [7, 11) is 0. The normalized spacial score (nSPS) is 19.1. The molecule has 1 fully saturated rings. The van der Waals surface area contributed by atoms with Crippen LogP contribution < -0.4 is 5.32 Å². The number of halogens is 1. The van der Waals surface area contributed by atoms with Crippen LogP contribution in [-0.4, -0.2) is 42.3 Å². The summed E-state index contributed by atoms with van der Waals surface area (Å²) in [6.07, 6.45) is 2.96. The van der Waals surface area contributed by atoms with Gasteiger partial charge in [0.1, 0.15) is 0 Å². The Bertz CT molecular complexity index is 388. The van der Waals surface area contributed by atoms with E-state index >= 15 is 0 Å². The lowest BCUT2D eigenvalue weighted by molar-refractivity contribution is 0.0820. The van der Waals surface area contributed by atoms with Crippen molar-refractivity contribution in [1.29, 1.82) is 0 Å². The molecular formula is C16H25BrN2O. The average Bonchev–Trinajstić information content (AvgIpc) is 2.46. The number of piperidine rings is 1. The van der Waals surface area contributed by atoms with E-state index in [1.807, 2.05) is 0 Å². The van der Waals surface area contributed by atoms with E-state index in [4.69, 9.17) is 0 Å². The van der Waals surface area contributed by atoms with Crippen LogP contribution in [0.3, 0.4) is 0 Å².